The Bertz CT molecular complexity index is 1200. The van der Waals surface area contributed by atoms with E-state index in [9.17, 15) is 18.0 Å². The molecule has 0 aliphatic carbocycles. The molecule has 31 heavy (non-hydrogen) atoms. The van der Waals surface area contributed by atoms with Crippen molar-refractivity contribution in [3.05, 3.63) is 78.3 Å². The summed E-state index contributed by atoms with van der Waals surface area (Å²) in [5.74, 6) is -0.892. The molecular formula is C23H22N2O5S. The number of benzene rings is 2. The molecule has 2 aromatic carbocycles. The summed E-state index contributed by atoms with van der Waals surface area (Å²) >= 11 is 0. The standard InChI is InChI=1S/C23H22N2O5S/c26-21-11-4-5-13-25(21)19-8-6-7-18(15-19)24-23(27)22-17(12-14-30-22)16-31(28,29)20-9-2-1-3-10-20/h1-3,6-10,12,14-15H,4-5,11,13,16H2,(H,24,27). The molecule has 0 saturated carbocycles. The summed E-state index contributed by atoms with van der Waals surface area (Å²) < 4.78 is 30.6. The summed E-state index contributed by atoms with van der Waals surface area (Å²) in [4.78, 5) is 26.9. The van der Waals surface area contributed by atoms with Gasteiger partial charge in [0.2, 0.25) is 5.91 Å². The van der Waals surface area contributed by atoms with Crippen molar-refractivity contribution in [3.8, 4) is 0 Å². The summed E-state index contributed by atoms with van der Waals surface area (Å²) in [7, 11) is -3.62. The fraction of sp³-hybridized carbons (Fsp3) is 0.217. The van der Waals surface area contributed by atoms with E-state index in [1.807, 2.05) is 6.07 Å². The van der Waals surface area contributed by atoms with E-state index in [0.29, 0.717) is 24.3 Å². The molecule has 160 valence electrons. The molecule has 1 aliphatic heterocycles. The SMILES string of the molecule is O=C(Nc1cccc(N2CCCCC2=O)c1)c1occc1CS(=O)(=O)c1ccccc1. The number of nitrogens with one attached hydrogen (secondary N) is 1. The first-order valence-corrected chi connectivity index (χ1v) is 11.7. The van der Waals surface area contributed by atoms with Crippen LogP contribution in [0.4, 0.5) is 11.4 Å². The number of piperidine rings is 1. The summed E-state index contributed by atoms with van der Waals surface area (Å²) in [5.41, 5.74) is 1.49. The van der Waals surface area contributed by atoms with Gasteiger partial charge in [-0.3, -0.25) is 9.59 Å². The number of carbonyl (C=O) groups excluding carboxylic acids is 2. The van der Waals surface area contributed by atoms with E-state index < -0.39 is 15.7 Å². The van der Waals surface area contributed by atoms with E-state index in [1.165, 1.54) is 24.5 Å². The van der Waals surface area contributed by atoms with E-state index in [0.717, 1.165) is 12.8 Å². The second-order valence-corrected chi connectivity index (χ2v) is 9.34. The predicted molar refractivity (Wildman–Crippen MR) is 117 cm³/mol. The van der Waals surface area contributed by atoms with Gasteiger partial charge >= 0.3 is 0 Å². The molecule has 1 aromatic heterocycles. The van der Waals surface area contributed by atoms with E-state index in [4.69, 9.17) is 4.42 Å². The third-order valence-corrected chi connectivity index (χ3v) is 6.82. The monoisotopic (exact) mass is 438 g/mol. The van der Waals surface area contributed by atoms with Crippen molar-refractivity contribution in [1.82, 2.24) is 0 Å². The fourth-order valence-electron chi connectivity index (χ4n) is 3.58. The van der Waals surface area contributed by atoms with Crippen molar-refractivity contribution in [1.29, 1.82) is 0 Å². The van der Waals surface area contributed by atoms with Gasteiger partial charge in [0, 0.05) is 29.9 Å². The van der Waals surface area contributed by atoms with Crippen LogP contribution in [-0.2, 0) is 20.4 Å². The average Bonchev–Trinajstić information content (AvgIpc) is 3.22. The number of amides is 2. The van der Waals surface area contributed by atoms with Crippen LogP contribution in [0.25, 0.3) is 0 Å². The summed E-state index contributed by atoms with van der Waals surface area (Å²) in [6, 6.07) is 16.6. The molecule has 2 amide bonds. The number of carbonyl (C=O) groups is 2. The molecule has 1 aliphatic rings. The highest BCUT2D eigenvalue weighted by molar-refractivity contribution is 7.90. The van der Waals surface area contributed by atoms with E-state index in [-0.39, 0.29) is 27.9 Å². The Morgan fingerprint density at radius 1 is 1.03 bits per heavy atom. The van der Waals surface area contributed by atoms with Crippen molar-refractivity contribution < 1.29 is 22.4 Å². The lowest BCUT2D eigenvalue weighted by atomic mass is 10.1. The number of nitrogens with zero attached hydrogens (tertiary/aromatic N) is 1. The third kappa shape index (κ3) is 4.69. The number of hydrogen-bond donors (Lipinski definition) is 1. The minimum Gasteiger partial charge on any atom is -0.459 e. The van der Waals surface area contributed by atoms with Gasteiger partial charge in [-0.25, -0.2) is 8.42 Å². The largest absolute Gasteiger partial charge is 0.459 e. The molecule has 1 saturated heterocycles. The van der Waals surface area contributed by atoms with Crippen LogP contribution in [0.15, 0.2) is 76.2 Å². The minimum absolute atomic E-state index is 0.0565. The van der Waals surface area contributed by atoms with Crippen LogP contribution in [0.2, 0.25) is 0 Å². The molecule has 1 fully saturated rings. The molecule has 3 aromatic rings. The highest BCUT2D eigenvalue weighted by Gasteiger charge is 2.23. The first kappa shape index (κ1) is 20.9. The van der Waals surface area contributed by atoms with Crippen LogP contribution < -0.4 is 10.2 Å². The molecule has 0 atom stereocenters. The van der Waals surface area contributed by atoms with Gasteiger partial charge in [-0.2, -0.15) is 0 Å². The van der Waals surface area contributed by atoms with Crippen LogP contribution in [0, 0.1) is 0 Å². The fourth-order valence-corrected chi connectivity index (χ4v) is 4.96. The summed E-state index contributed by atoms with van der Waals surface area (Å²) in [5, 5.41) is 2.74. The van der Waals surface area contributed by atoms with Crippen molar-refractivity contribution in [2.45, 2.75) is 29.9 Å². The van der Waals surface area contributed by atoms with Crippen LogP contribution in [0.5, 0.6) is 0 Å². The number of rotatable bonds is 6. The second kappa shape index (κ2) is 8.77. The van der Waals surface area contributed by atoms with Gasteiger partial charge in [0.05, 0.1) is 16.9 Å². The number of sulfone groups is 1. The van der Waals surface area contributed by atoms with Crippen molar-refractivity contribution >= 4 is 33.0 Å². The van der Waals surface area contributed by atoms with Gasteiger partial charge in [-0.05, 0) is 49.2 Å². The maximum absolute atomic E-state index is 12.8. The highest BCUT2D eigenvalue weighted by Crippen LogP contribution is 2.25. The average molecular weight is 439 g/mol. The lowest BCUT2D eigenvalue weighted by Gasteiger charge is -2.27. The lowest BCUT2D eigenvalue weighted by Crippen LogP contribution is -2.35. The zero-order valence-electron chi connectivity index (χ0n) is 16.8. The molecule has 2 heterocycles. The molecule has 4 rings (SSSR count). The number of furan rings is 1. The second-order valence-electron chi connectivity index (χ2n) is 7.35. The van der Waals surface area contributed by atoms with Crippen molar-refractivity contribution in [2.24, 2.45) is 0 Å². The smallest absolute Gasteiger partial charge is 0.291 e. The molecular weight excluding hydrogens is 416 g/mol. The summed E-state index contributed by atoms with van der Waals surface area (Å²) in [6.07, 6.45) is 3.64. The zero-order chi connectivity index (χ0) is 21.8. The quantitative estimate of drug-likeness (QED) is 0.627. The Balaban J connectivity index is 1.51. The Kier molecular flexibility index (Phi) is 5.90. The van der Waals surface area contributed by atoms with Crippen molar-refractivity contribution in [3.63, 3.8) is 0 Å². The van der Waals surface area contributed by atoms with Crippen LogP contribution in [0.1, 0.15) is 35.4 Å². The minimum atomic E-state index is -3.62. The van der Waals surface area contributed by atoms with Gasteiger partial charge in [-0.1, -0.05) is 24.3 Å². The van der Waals surface area contributed by atoms with E-state index in [2.05, 4.69) is 5.32 Å². The van der Waals surface area contributed by atoms with E-state index in [1.54, 1.807) is 41.3 Å². The zero-order valence-corrected chi connectivity index (χ0v) is 17.6. The van der Waals surface area contributed by atoms with Gasteiger partial charge in [-0.15, -0.1) is 0 Å². The highest BCUT2D eigenvalue weighted by atomic mass is 32.2. The Morgan fingerprint density at radius 3 is 2.61 bits per heavy atom. The molecule has 0 spiro atoms. The summed E-state index contributed by atoms with van der Waals surface area (Å²) in [6.45, 7) is 0.649. The van der Waals surface area contributed by atoms with Crippen LogP contribution in [-0.4, -0.2) is 26.8 Å². The van der Waals surface area contributed by atoms with Crippen LogP contribution >= 0.6 is 0 Å². The van der Waals surface area contributed by atoms with E-state index >= 15 is 0 Å². The van der Waals surface area contributed by atoms with Crippen LogP contribution in [0.3, 0.4) is 0 Å². The maximum Gasteiger partial charge on any atom is 0.291 e. The Hall–Kier alpha value is -3.39. The Labute approximate surface area is 180 Å². The third-order valence-electron chi connectivity index (χ3n) is 5.14. The predicted octanol–water partition coefficient (Wildman–Crippen LogP) is 4.02. The first-order valence-electron chi connectivity index (χ1n) is 10.00. The molecule has 0 bridgehead atoms. The van der Waals surface area contributed by atoms with Gasteiger partial charge < -0.3 is 14.6 Å². The van der Waals surface area contributed by atoms with Crippen molar-refractivity contribution in [2.75, 3.05) is 16.8 Å². The molecule has 0 unspecified atom stereocenters. The first-order chi connectivity index (χ1) is 14.9. The lowest BCUT2D eigenvalue weighted by molar-refractivity contribution is -0.119. The van der Waals surface area contributed by atoms with Gasteiger partial charge in [0.25, 0.3) is 5.91 Å². The van der Waals surface area contributed by atoms with Gasteiger partial charge in [0.1, 0.15) is 0 Å². The molecule has 7 nitrogen and oxygen atoms in total. The number of anilines is 2. The molecule has 1 N–H and O–H groups in total. The molecule has 0 radical (unpaired) electrons. The number of hydrogen-bond acceptors (Lipinski definition) is 5. The van der Waals surface area contributed by atoms with Gasteiger partial charge in [0.15, 0.2) is 15.6 Å². The normalized spacial score (nSPS) is 14.5. The Morgan fingerprint density at radius 2 is 1.84 bits per heavy atom. The maximum atomic E-state index is 12.8. The molecule has 8 heteroatoms. The topological polar surface area (TPSA) is 96.7 Å².